The fourth-order valence-corrected chi connectivity index (χ4v) is 6.21. The molecule has 0 aliphatic carbocycles. The van der Waals surface area contributed by atoms with Gasteiger partial charge in [-0.2, -0.15) is 9.52 Å². The minimum atomic E-state index is -3.82. The van der Waals surface area contributed by atoms with Gasteiger partial charge < -0.3 is 0 Å². The Bertz CT molecular complexity index is 1060. The lowest BCUT2D eigenvalue weighted by Crippen LogP contribution is -2.30. The number of rotatable bonds is 4. The maximum atomic E-state index is 14.1. The Hall–Kier alpha value is -2.30. The van der Waals surface area contributed by atoms with Crippen molar-refractivity contribution in [3.63, 3.8) is 0 Å². The monoisotopic (exact) mass is 405 g/mol. The van der Waals surface area contributed by atoms with E-state index in [0.29, 0.717) is 12.3 Å². The van der Waals surface area contributed by atoms with Gasteiger partial charge in [0, 0.05) is 12.3 Å². The van der Waals surface area contributed by atoms with E-state index in [9.17, 15) is 12.8 Å². The van der Waals surface area contributed by atoms with Crippen molar-refractivity contribution in [3.05, 3.63) is 59.4 Å². The van der Waals surface area contributed by atoms with E-state index in [4.69, 9.17) is 0 Å². The first kappa shape index (κ1) is 18.1. The van der Waals surface area contributed by atoms with E-state index < -0.39 is 15.8 Å². The molecule has 0 spiro atoms. The maximum absolute atomic E-state index is 14.1. The molecule has 4 rings (SSSR count). The van der Waals surface area contributed by atoms with Crippen LogP contribution in [0.3, 0.4) is 0 Å². The van der Waals surface area contributed by atoms with Crippen molar-refractivity contribution >= 4 is 21.8 Å². The Morgan fingerprint density at radius 3 is 2.70 bits per heavy atom. The van der Waals surface area contributed by atoms with Gasteiger partial charge in [-0.3, -0.25) is 0 Å². The molecule has 1 N–H and O–H groups in total. The fourth-order valence-electron chi connectivity index (χ4n) is 2.94. The molecule has 140 valence electrons. The van der Waals surface area contributed by atoms with E-state index in [-0.39, 0.29) is 21.7 Å². The topological polar surface area (TPSA) is 91.8 Å². The van der Waals surface area contributed by atoms with E-state index in [1.54, 1.807) is 11.8 Å². The standard InChI is InChI=1S/C17H16FN5O2S2/c1-11-2-4-12(5-3-11)17-23(8-9-26-17)27(24,25)13-6-7-15(18)14(10-13)16-19-21-22-20-16/h2-7,10,17H,8-9H2,1H3,(H,19,20,21,22). The number of tetrazole rings is 1. The highest BCUT2D eigenvalue weighted by Gasteiger charge is 2.37. The highest BCUT2D eigenvalue weighted by atomic mass is 32.2. The van der Waals surface area contributed by atoms with Crippen LogP contribution in [0.4, 0.5) is 4.39 Å². The zero-order chi connectivity index (χ0) is 19.0. The first-order valence-corrected chi connectivity index (χ1v) is 10.7. The lowest BCUT2D eigenvalue weighted by molar-refractivity contribution is 0.434. The number of H-pyrrole nitrogens is 1. The smallest absolute Gasteiger partial charge is 0.207 e. The first-order chi connectivity index (χ1) is 13.0. The quantitative estimate of drug-likeness (QED) is 0.718. The summed E-state index contributed by atoms with van der Waals surface area (Å²) < 4.78 is 42.1. The minimum absolute atomic E-state index is 0.00307. The van der Waals surface area contributed by atoms with Crippen LogP contribution in [-0.2, 0) is 10.0 Å². The Labute approximate surface area is 160 Å². The van der Waals surface area contributed by atoms with Crippen molar-refractivity contribution < 1.29 is 12.8 Å². The van der Waals surface area contributed by atoms with Crippen molar-refractivity contribution in [1.82, 2.24) is 24.9 Å². The van der Waals surface area contributed by atoms with E-state index in [1.165, 1.54) is 16.4 Å². The van der Waals surface area contributed by atoms with Gasteiger partial charge in [0.1, 0.15) is 5.82 Å². The highest BCUT2D eigenvalue weighted by Crippen LogP contribution is 2.41. The number of hydrogen-bond acceptors (Lipinski definition) is 6. The molecule has 7 nitrogen and oxygen atoms in total. The predicted molar refractivity (Wildman–Crippen MR) is 99.8 cm³/mol. The van der Waals surface area contributed by atoms with Crippen molar-refractivity contribution in [1.29, 1.82) is 0 Å². The zero-order valence-corrected chi connectivity index (χ0v) is 16.0. The van der Waals surface area contributed by atoms with E-state index >= 15 is 0 Å². The zero-order valence-electron chi connectivity index (χ0n) is 14.3. The highest BCUT2D eigenvalue weighted by molar-refractivity contribution is 8.01. The molecule has 10 heteroatoms. The SMILES string of the molecule is Cc1ccc(C2SCCN2S(=O)(=O)c2ccc(F)c(-c3nn[nH]n3)c2)cc1. The minimum Gasteiger partial charge on any atom is -0.207 e. The first-order valence-electron chi connectivity index (χ1n) is 8.20. The van der Waals surface area contributed by atoms with Crippen LogP contribution in [0.5, 0.6) is 0 Å². The molecule has 1 fully saturated rings. The van der Waals surface area contributed by atoms with Crippen LogP contribution < -0.4 is 0 Å². The summed E-state index contributed by atoms with van der Waals surface area (Å²) in [6, 6.07) is 11.4. The molecule has 1 unspecified atom stereocenters. The lowest BCUT2D eigenvalue weighted by atomic mass is 10.1. The van der Waals surface area contributed by atoms with E-state index in [0.717, 1.165) is 17.2 Å². The molecule has 0 amide bonds. The molecular formula is C17H16FN5O2S2. The van der Waals surface area contributed by atoms with Crippen molar-refractivity contribution in [3.8, 4) is 11.4 Å². The lowest BCUT2D eigenvalue weighted by Gasteiger charge is -2.24. The second-order valence-electron chi connectivity index (χ2n) is 6.13. The molecule has 0 saturated carbocycles. The van der Waals surface area contributed by atoms with Crippen LogP contribution in [0, 0.1) is 12.7 Å². The largest absolute Gasteiger partial charge is 0.244 e. The van der Waals surface area contributed by atoms with Gasteiger partial charge in [0.25, 0.3) is 0 Å². The Morgan fingerprint density at radius 2 is 2.00 bits per heavy atom. The molecule has 1 aliphatic heterocycles. The summed E-state index contributed by atoms with van der Waals surface area (Å²) in [6.07, 6.45) is 0. The molecule has 2 heterocycles. The van der Waals surface area contributed by atoms with Crippen LogP contribution in [0.2, 0.25) is 0 Å². The molecule has 1 atom stereocenters. The number of benzene rings is 2. The van der Waals surface area contributed by atoms with Gasteiger partial charge in [-0.15, -0.1) is 22.0 Å². The van der Waals surface area contributed by atoms with E-state index in [2.05, 4.69) is 20.6 Å². The van der Waals surface area contributed by atoms with Crippen LogP contribution >= 0.6 is 11.8 Å². The summed E-state index contributed by atoms with van der Waals surface area (Å²) in [6.45, 7) is 2.37. The Morgan fingerprint density at radius 1 is 1.22 bits per heavy atom. The maximum Gasteiger partial charge on any atom is 0.244 e. The predicted octanol–water partition coefficient (Wildman–Crippen LogP) is 2.75. The second-order valence-corrected chi connectivity index (χ2v) is 9.21. The summed E-state index contributed by atoms with van der Waals surface area (Å²) in [5, 5.41) is 12.8. The van der Waals surface area contributed by atoms with Gasteiger partial charge in [-0.25, -0.2) is 12.8 Å². The third-order valence-corrected chi connectivity index (χ3v) is 7.60. The summed E-state index contributed by atoms with van der Waals surface area (Å²) >= 11 is 1.57. The third kappa shape index (κ3) is 3.35. The number of nitrogens with zero attached hydrogens (tertiary/aromatic N) is 4. The molecule has 27 heavy (non-hydrogen) atoms. The number of aryl methyl sites for hydroxylation is 1. The Balaban J connectivity index is 1.72. The van der Waals surface area contributed by atoms with Gasteiger partial charge in [-0.05, 0) is 35.9 Å². The molecule has 1 aromatic heterocycles. The number of aromatic amines is 1. The van der Waals surface area contributed by atoms with Gasteiger partial charge in [0.05, 0.1) is 15.8 Å². The molecule has 0 radical (unpaired) electrons. The Kier molecular flexibility index (Phi) is 4.70. The average Bonchev–Trinajstić information content (AvgIpc) is 3.35. The van der Waals surface area contributed by atoms with E-state index in [1.807, 2.05) is 31.2 Å². The second kappa shape index (κ2) is 7.02. The van der Waals surface area contributed by atoms with Crippen LogP contribution in [0.15, 0.2) is 47.4 Å². The van der Waals surface area contributed by atoms with Gasteiger partial charge in [-0.1, -0.05) is 29.8 Å². The van der Waals surface area contributed by atoms with Gasteiger partial charge in [0.15, 0.2) is 0 Å². The number of sulfonamides is 1. The summed E-state index contributed by atoms with van der Waals surface area (Å²) in [4.78, 5) is 0.00307. The number of thioether (sulfide) groups is 1. The number of hydrogen-bond donors (Lipinski definition) is 1. The van der Waals surface area contributed by atoms with Crippen molar-refractivity contribution in [2.24, 2.45) is 0 Å². The fraction of sp³-hybridized carbons (Fsp3) is 0.235. The summed E-state index contributed by atoms with van der Waals surface area (Å²) in [5.41, 5.74) is 2.02. The normalized spacial score (nSPS) is 18.1. The molecule has 0 bridgehead atoms. The van der Waals surface area contributed by atoms with Crippen molar-refractivity contribution in [2.45, 2.75) is 17.2 Å². The summed E-state index contributed by atoms with van der Waals surface area (Å²) in [5.74, 6) is 0.0908. The van der Waals surface area contributed by atoms with Crippen LogP contribution in [-0.4, -0.2) is 45.6 Å². The van der Waals surface area contributed by atoms with Crippen molar-refractivity contribution in [2.75, 3.05) is 12.3 Å². The summed E-state index contributed by atoms with van der Waals surface area (Å²) in [7, 11) is -3.82. The number of aromatic nitrogens is 4. The molecular weight excluding hydrogens is 389 g/mol. The molecule has 2 aromatic carbocycles. The van der Waals surface area contributed by atoms with Crippen LogP contribution in [0.25, 0.3) is 11.4 Å². The average molecular weight is 405 g/mol. The number of halogens is 1. The molecule has 3 aromatic rings. The van der Waals surface area contributed by atoms with Crippen LogP contribution in [0.1, 0.15) is 16.5 Å². The van der Waals surface area contributed by atoms with Gasteiger partial charge >= 0.3 is 0 Å². The van der Waals surface area contributed by atoms with Gasteiger partial charge in [0.2, 0.25) is 15.8 Å². The molecule has 1 aliphatic rings. The molecule has 1 saturated heterocycles. The third-order valence-electron chi connectivity index (χ3n) is 4.34. The number of nitrogens with one attached hydrogen (secondary N) is 1.